The zero-order valence-electron chi connectivity index (χ0n) is 17.4. The average Bonchev–Trinajstić information content (AvgIpc) is 3.31. The Morgan fingerprint density at radius 1 is 1.17 bits per heavy atom. The highest BCUT2D eigenvalue weighted by atomic mass is 16.2. The Kier molecular flexibility index (Phi) is 5.85. The molecular weight excluding hydrogens is 366 g/mol. The number of piperidine rings is 1. The van der Waals surface area contributed by atoms with Crippen LogP contribution in [0.25, 0.3) is 0 Å². The molecule has 1 N–H and O–H groups in total. The molecule has 0 bridgehead atoms. The molecule has 2 aromatic rings. The largest absolute Gasteiger partial charge is 0.345 e. The highest BCUT2D eigenvalue weighted by molar-refractivity contribution is 5.92. The normalized spacial score (nSPS) is 19.0. The van der Waals surface area contributed by atoms with Gasteiger partial charge >= 0.3 is 5.69 Å². The molecule has 7 nitrogen and oxygen atoms in total. The Morgan fingerprint density at radius 2 is 1.90 bits per heavy atom. The van der Waals surface area contributed by atoms with Crippen LogP contribution in [0.3, 0.4) is 0 Å². The number of amides is 1. The van der Waals surface area contributed by atoms with Gasteiger partial charge in [-0.2, -0.15) is 5.10 Å². The molecule has 1 saturated carbocycles. The van der Waals surface area contributed by atoms with Gasteiger partial charge in [0.15, 0.2) is 0 Å². The molecule has 2 heterocycles. The fourth-order valence-corrected chi connectivity index (χ4v) is 4.76. The number of anilines is 1. The maximum atomic E-state index is 12.6. The van der Waals surface area contributed by atoms with E-state index in [-0.39, 0.29) is 11.6 Å². The minimum atomic E-state index is 0.0202. The molecule has 1 aromatic heterocycles. The summed E-state index contributed by atoms with van der Waals surface area (Å²) in [6.45, 7) is 4.12. The number of nitrogens with zero attached hydrogens (tertiary/aromatic N) is 4. The third-order valence-corrected chi connectivity index (χ3v) is 6.29. The van der Waals surface area contributed by atoms with E-state index in [9.17, 15) is 9.59 Å². The van der Waals surface area contributed by atoms with E-state index < -0.39 is 0 Å². The average molecular weight is 398 g/mol. The molecule has 1 amide bonds. The van der Waals surface area contributed by atoms with Crippen LogP contribution in [0.5, 0.6) is 0 Å². The lowest BCUT2D eigenvalue weighted by atomic mass is 9.95. The summed E-state index contributed by atoms with van der Waals surface area (Å²) >= 11 is 0. The summed E-state index contributed by atoms with van der Waals surface area (Å²) in [5.74, 6) is 1.27. The standard InChI is InChI=1S/C22H31N5O2/c1-16-6-5-7-18(14-16)23-20(28)15-26-12-10-17(11-13-26)21-24-25(2)22(29)27(21)19-8-3-4-9-19/h5-7,14,17,19H,3-4,8-13,15H2,1-2H3,(H,23,28). The maximum Gasteiger partial charge on any atom is 0.345 e. The van der Waals surface area contributed by atoms with Crippen molar-refractivity contribution < 1.29 is 4.79 Å². The number of likely N-dealkylation sites (tertiary alicyclic amines) is 1. The van der Waals surface area contributed by atoms with Gasteiger partial charge in [0.05, 0.1) is 6.54 Å². The van der Waals surface area contributed by atoms with Crippen LogP contribution in [0.1, 0.15) is 61.9 Å². The van der Waals surface area contributed by atoms with Gasteiger partial charge < -0.3 is 5.32 Å². The van der Waals surface area contributed by atoms with Crippen molar-refractivity contribution in [3.63, 3.8) is 0 Å². The fraction of sp³-hybridized carbons (Fsp3) is 0.591. The van der Waals surface area contributed by atoms with Crippen molar-refractivity contribution in [2.75, 3.05) is 25.0 Å². The summed E-state index contributed by atoms with van der Waals surface area (Å²) in [6.07, 6.45) is 6.41. The first-order chi connectivity index (χ1) is 14.0. The van der Waals surface area contributed by atoms with Gasteiger partial charge in [-0.1, -0.05) is 25.0 Å². The van der Waals surface area contributed by atoms with E-state index in [0.717, 1.165) is 55.8 Å². The second-order valence-electron chi connectivity index (χ2n) is 8.54. The first-order valence-corrected chi connectivity index (χ1v) is 10.8. The van der Waals surface area contributed by atoms with Gasteiger partial charge in [0.1, 0.15) is 5.82 Å². The number of nitrogens with one attached hydrogen (secondary N) is 1. The molecule has 7 heteroatoms. The molecule has 0 atom stereocenters. The van der Waals surface area contributed by atoms with Crippen LogP contribution >= 0.6 is 0 Å². The number of aromatic nitrogens is 3. The van der Waals surface area contributed by atoms with E-state index in [4.69, 9.17) is 0 Å². The molecule has 156 valence electrons. The summed E-state index contributed by atoms with van der Waals surface area (Å²) in [5.41, 5.74) is 2.00. The van der Waals surface area contributed by atoms with E-state index in [1.165, 1.54) is 17.5 Å². The Morgan fingerprint density at radius 3 is 2.59 bits per heavy atom. The molecular formula is C22H31N5O2. The van der Waals surface area contributed by atoms with Gasteiger partial charge in [-0.25, -0.2) is 9.48 Å². The minimum Gasteiger partial charge on any atom is -0.325 e. The van der Waals surface area contributed by atoms with E-state index in [1.54, 1.807) is 7.05 Å². The zero-order valence-corrected chi connectivity index (χ0v) is 17.4. The van der Waals surface area contributed by atoms with E-state index in [2.05, 4.69) is 15.3 Å². The molecule has 0 unspecified atom stereocenters. The fourth-order valence-electron chi connectivity index (χ4n) is 4.76. The van der Waals surface area contributed by atoms with Crippen LogP contribution in [0.4, 0.5) is 5.69 Å². The molecule has 0 radical (unpaired) electrons. The third-order valence-electron chi connectivity index (χ3n) is 6.29. The Balaban J connectivity index is 1.36. The minimum absolute atomic E-state index is 0.0202. The summed E-state index contributed by atoms with van der Waals surface area (Å²) in [6, 6.07) is 8.18. The number of hydrogen-bond acceptors (Lipinski definition) is 4. The van der Waals surface area contributed by atoms with Crippen molar-refractivity contribution in [1.29, 1.82) is 0 Å². The summed E-state index contributed by atoms with van der Waals surface area (Å²) in [7, 11) is 1.75. The Bertz CT molecular complexity index is 918. The van der Waals surface area contributed by atoms with Crippen molar-refractivity contribution in [3.05, 3.63) is 46.1 Å². The van der Waals surface area contributed by atoms with E-state index >= 15 is 0 Å². The Hall–Kier alpha value is -2.41. The van der Waals surface area contributed by atoms with Crippen LogP contribution in [-0.4, -0.2) is 44.8 Å². The molecule has 2 fully saturated rings. The van der Waals surface area contributed by atoms with Crippen LogP contribution in [-0.2, 0) is 11.8 Å². The number of aryl methyl sites for hydroxylation is 2. The van der Waals surface area contributed by atoms with Crippen molar-refractivity contribution in [2.45, 2.75) is 57.4 Å². The number of benzene rings is 1. The van der Waals surface area contributed by atoms with Crippen molar-refractivity contribution in [3.8, 4) is 0 Å². The van der Waals surface area contributed by atoms with Crippen LogP contribution in [0, 0.1) is 6.92 Å². The number of carbonyl (C=O) groups excluding carboxylic acids is 1. The van der Waals surface area contributed by atoms with E-state index in [1.807, 2.05) is 35.8 Å². The van der Waals surface area contributed by atoms with Gasteiger partial charge in [-0.3, -0.25) is 14.3 Å². The zero-order chi connectivity index (χ0) is 20.4. The smallest absolute Gasteiger partial charge is 0.325 e. The molecule has 29 heavy (non-hydrogen) atoms. The SMILES string of the molecule is Cc1cccc(NC(=O)CN2CCC(c3nn(C)c(=O)n3C3CCCC3)CC2)c1. The van der Waals surface area contributed by atoms with Gasteiger partial charge in [0.25, 0.3) is 0 Å². The molecule has 4 rings (SSSR count). The highest BCUT2D eigenvalue weighted by Crippen LogP contribution is 2.33. The number of rotatable bonds is 5. The monoisotopic (exact) mass is 397 g/mol. The second kappa shape index (κ2) is 8.53. The van der Waals surface area contributed by atoms with Crippen molar-refractivity contribution in [2.24, 2.45) is 7.05 Å². The molecule has 0 spiro atoms. The summed E-state index contributed by atoms with van der Waals surface area (Å²) in [5, 5.41) is 7.59. The first-order valence-electron chi connectivity index (χ1n) is 10.8. The molecule has 1 aliphatic carbocycles. The Labute approximate surface area is 171 Å². The molecule has 1 saturated heterocycles. The predicted molar refractivity (Wildman–Crippen MR) is 113 cm³/mol. The van der Waals surface area contributed by atoms with Crippen LogP contribution < -0.4 is 11.0 Å². The van der Waals surface area contributed by atoms with Gasteiger partial charge in [-0.15, -0.1) is 0 Å². The van der Waals surface area contributed by atoms with Crippen LogP contribution in [0.15, 0.2) is 29.1 Å². The van der Waals surface area contributed by atoms with Gasteiger partial charge in [-0.05, 0) is 63.4 Å². The molecule has 1 aromatic carbocycles. The van der Waals surface area contributed by atoms with Gasteiger partial charge in [0, 0.05) is 24.7 Å². The van der Waals surface area contributed by atoms with Crippen molar-refractivity contribution in [1.82, 2.24) is 19.2 Å². The molecule has 1 aliphatic heterocycles. The summed E-state index contributed by atoms with van der Waals surface area (Å²) in [4.78, 5) is 27.2. The van der Waals surface area contributed by atoms with Gasteiger partial charge in [0.2, 0.25) is 5.91 Å². The topological polar surface area (TPSA) is 72.2 Å². The highest BCUT2D eigenvalue weighted by Gasteiger charge is 2.30. The predicted octanol–water partition coefficient (Wildman–Crippen LogP) is 2.82. The second-order valence-corrected chi connectivity index (χ2v) is 8.54. The third kappa shape index (κ3) is 4.45. The summed E-state index contributed by atoms with van der Waals surface area (Å²) < 4.78 is 3.47. The maximum absolute atomic E-state index is 12.6. The lowest BCUT2D eigenvalue weighted by Crippen LogP contribution is -2.39. The quantitative estimate of drug-likeness (QED) is 0.842. The van der Waals surface area contributed by atoms with Crippen molar-refractivity contribution >= 4 is 11.6 Å². The van der Waals surface area contributed by atoms with E-state index in [0.29, 0.717) is 18.5 Å². The number of hydrogen-bond donors (Lipinski definition) is 1. The first kappa shape index (κ1) is 19.9. The number of carbonyl (C=O) groups is 1. The lowest BCUT2D eigenvalue weighted by molar-refractivity contribution is -0.117. The lowest BCUT2D eigenvalue weighted by Gasteiger charge is -2.31. The molecule has 2 aliphatic rings. The van der Waals surface area contributed by atoms with Crippen LogP contribution in [0.2, 0.25) is 0 Å².